The molecule has 1 fully saturated rings. The number of nitrogens with zero attached hydrogens (tertiary/aromatic N) is 1. The van der Waals surface area contributed by atoms with Gasteiger partial charge >= 0.3 is 5.97 Å². The first-order valence-corrected chi connectivity index (χ1v) is 5.18. The number of amides is 1. The van der Waals surface area contributed by atoms with Crippen LogP contribution in [0.25, 0.3) is 0 Å². The molecular formula is C10H18N2O3. The third-order valence-electron chi connectivity index (χ3n) is 2.88. The molecule has 1 aliphatic rings. The van der Waals surface area contributed by atoms with Gasteiger partial charge in [-0.25, -0.2) is 0 Å². The van der Waals surface area contributed by atoms with Crippen molar-refractivity contribution in [1.29, 1.82) is 0 Å². The molecular weight excluding hydrogens is 196 g/mol. The molecule has 1 amide bonds. The summed E-state index contributed by atoms with van der Waals surface area (Å²) in [6, 6.07) is -0.741. The third kappa shape index (κ3) is 3.20. The second-order valence-corrected chi connectivity index (χ2v) is 4.14. The van der Waals surface area contributed by atoms with E-state index in [1.54, 1.807) is 25.8 Å². The number of nitrogens with one attached hydrogen (secondary N) is 1. The fourth-order valence-electron chi connectivity index (χ4n) is 1.24. The number of aliphatic carboxylic acids is 1. The fraction of sp³-hybridized carbons (Fsp3) is 0.800. The molecule has 2 unspecified atom stereocenters. The van der Waals surface area contributed by atoms with Crippen molar-refractivity contribution >= 4 is 11.9 Å². The van der Waals surface area contributed by atoms with Crippen molar-refractivity contribution in [2.75, 3.05) is 7.05 Å². The lowest BCUT2D eigenvalue weighted by molar-refractivity contribution is -0.143. The molecule has 0 aromatic carbocycles. The van der Waals surface area contributed by atoms with Gasteiger partial charge in [0.05, 0.1) is 6.04 Å². The predicted octanol–water partition coefficient (Wildman–Crippen LogP) is 0.0584. The summed E-state index contributed by atoms with van der Waals surface area (Å²) in [7, 11) is 1.65. The van der Waals surface area contributed by atoms with Gasteiger partial charge in [-0.3, -0.25) is 14.5 Å². The number of hydrogen-bond acceptors (Lipinski definition) is 3. The van der Waals surface area contributed by atoms with E-state index in [2.05, 4.69) is 5.32 Å². The second kappa shape index (κ2) is 4.61. The number of carboxylic acid groups (broad SMARTS) is 1. The van der Waals surface area contributed by atoms with E-state index in [1.165, 1.54) is 0 Å². The van der Waals surface area contributed by atoms with Crippen molar-refractivity contribution < 1.29 is 14.7 Å². The van der Waals surface area contributed by atoms with Crippen LogP contribution in [0.3, 0.4) is 0 Å². The van der Waals surface area contributed by atoms with E-state index in [0.29, 0.717) is 6.04 Å². The largest absolute Gasteiger partial charge is 0.480 e. The van der Waals surface area contributed by atoms with Gasteiger partial charge in [0, 0.05) is 6.04 Å². The van der Waals surface area contributed by atoms with Crippen LogP contribution in [-0.4, -0.2) is 47.1 Å². The van der Waals surface area contributed by atoms with Crippen LogP contribution in [0.4, 0.5) is 0 Å². The summed E-state index contributed by atoms with van der Waals surface area (Å²) in [6.45, 7) is 3.29. The van der Waals surface area contributed by atoms with Crippen LogP contribution in [0, 0.1) is 0 Å². The lowest BCUT2D eigenvalue weighted by Gasteiger charge is -2.27. The molecule has 2 N–H and O–H groups in total. The van der Waals surface area contributed by atoms with Gasteiger partial charge in [0.25, 0.3) is 0 Å². The summed E-state index contributed by atoms with van der Waals surface area (Å²) < 4.78 is 0. The van der Waals surface area contributed by atoms with E-state index in [1.807, 2.05) is 0 Å². The minimum absolute atomic E-state index is 0.0897. The first kappa shape index (κ1) is 12.0. The molecule has 86 valence electrons. The Morgan fingerprint density at radius 1 is 1.33 bits per heavy atom. The average molecular weight is 214 g/mol. The molecule has 0 aliphatic heterocycles. The van der Waals surface area contributed by atoms with Gasteiger partial charge in [-0.05, 0) is 33.7 Å². The molecule has 0 heterocycles. The molecule has 1 saturated carbocycles. The number of rotatable bonds is 5. The molecule has 15 heavy (non-hydrogen) atoms. The summed E-state index contributed by atoms with van der Waals surface area (Å²) in [6.07, 6.45) is 2.08. The first-order chi connectivity index (χ1) is 6.93. The minimum Gasteiger partial charge on any atom is -0.480 e. The molecule has 5 nitrogen and oxygen atoms in total. The van der Waals surface area contributed by atoms with E-state index in [-0.39, 0.29) is 5.91 Å². The summed E-state index contributed by atoms with van der Waals surface area (Å²) in [5, 5.41) is 11.7. The van der Waals surface area contributed by atoms with Gasteiger partial charge in [-0.2, -0.15) is 0 Å². The van der Waals surface area contributed by atoms with Gasteiger partial charge < -0.3 is 10.4 Å². The van der Waals surface area contributed by atoms with Crippen LogP contribution in [0.15, 0.2) is 0 Å². The quantitative estimate of drug-likeness (QED) is 0.679. The Morgan fingerprint density at radius 2 is 1.87 bits per heavy atom. The highest BCUT2D eigenvalue weighted by Gasteiger charge is 2.30. The Balaban J connectivity index is 2.45. The SMILES string of the molecule is CC(C(=O)O)N(C)C(C)C(=O)NC1CC1. The number of carbonyl (C=O) groups excluding carboxylic acids is 1. The maximum Gasteiger partial charge on any atom is 0.320 e. The van der Waals surface area contributed by atoms with Crippen LogP contribution < -0.4 is 5.32 Å². The first-order valence-electron chi connectivity index (χ1n) is 5.18. The molecule has 0 spiro atoms. The maximum atomic E-state index is 11.6. The average Bonchev–Trinajstić information content (AvgIpc) is 2.97. The monoisotopic (exact) mass is 214 g/mol. The van der Waals surface area contributed by atoms with Gasteiger partial charge in [0.1, 0.15) is 6.04 Å². The van der Waals surface area contributed by atoms with E-state index < -0.39 is 18.1 Å². The number of likely N-dealkylation sites (N-methyl/N-ethyl adjacent to an activating group) is 1. The summed E-state index contributed by atoms with van der Waals surface area (Å²) in [5.41, 5.74) is 0. The summed E-state index contributed by atoms with van der Waals surface area (Å²) >= 11 is 0. The van der Waals surface area contributed by atoms with Crippen LogP contribution >= 0.6 is 0 Å². The Hall–Kier alpha value is -1.10. The Morgan fingerprint density at radius 3 is 2.27 bits per heavy atom. The highest BCUT2D eigenvalue weighted by molar-refractivity contribution is 5.83. The molecule has 0 aromatic heterocycles. The Bertz CT molecular complexity index is 263. The van der Waals surface area contributed by atoms with Gasteiger partial charge in [-0.15, -0.1) is 0 Å². The maximum absolute atomic E-state index is 11.6. The normalized spacial score (nSPS) is 19.7. The molecule has 0 radical (unpaired) electrons. The molecule has 2 atom stereocenters. The number of carbonyl (C=O) groups is 2. The Labute approximate surface area is 89.4 Å². The standard InChI is InChI=1S/C10H18N2O3/c1-6(9(13)11-8-4-5-8)12(3)7(2)10(14)15/h6-8H,4-5H2,1-3H3,(H,11,13)(H,14,15). The highest BCUT2D eigenvalue weighted by atomic mass is 16.4. The molecule has 0 bridgehead atoms. The third-order valence-corrected chi connectivity index (χ3v) is 2.88. The lowest BCUT2D eigenvalue weighted by atomic mass is 10.2. The minimum atomic E-state index is -0.913. The van der Waals surface area contributed by atoms with Crippen molar-refractivity contribution in [1.82, 2.24) is 10.2 Å². The van der Waals surface area contributed by atoms with E-state index in [9.17, 15) is 9.59 Å². The van der Waals surface area contributed by atoms with Crippen LogP contribution in [0.5, 0.6) is 0 Å². The molecule has 1 rings (SSSR count). The van der Waals surface area contributed by atoms with Crippen molar-refractivity contribution in [3.05, 3.63) is 0 Å². The van der Waals surface area contributed by atoms with E-state index >= 15 is 0 Å². The van der Waals surface area contributed by atoms with Crippen molar-refractivity contribution in [2.45, 2.75) is 44.8 Å². The van der Waals surface area contributed by atoms with E-state index in [0.717, 1.165) is 12.8 Å². The van der Waals surface area contributed by atoms with Crippen LogP contribution in [0.2, 0.25) is 0 Å². The van der Waals surface area contributed by atoms with Crippen molar-refractivity contribution in [2.24, 2.45) is 0 Å². The zero-order valence-corrected chi connectivity index (χ0v) is 9.36. The lowest BCUT2D eigenvalue weighted by Crippen LogP contribution is -2.49. The summed E-state index contributed by atoms with van der Waals surface area (Å²) in [5.74, 6) is -1.00. The van der Waals surface area contributed by atoms with Gasteiger partial charge in [-0.1, -0.05) is 0 Å². The second-order valence-electron chi connectivity index (χ2n) is 4.14. The summed E-state index contributed by atoms with van der Waals surface area (Å²) in [4.78, 5) is 23.9. The zero-order valence-electron chi connectivity index (χ0n) is 9.36. The molecule has 0 aromatic rings. The number of carboxylic acids is 1. The van der Waals surface area contributed by atoms with Crippen LogP contribution in [0.1, 0.15) is 26.7 Å². The topological polar surface area (TPSA) is 69.6 Å². The van der Waals surface area contributed by atoms with E-state index in [4.69, 9.17) is 5.11 Å². The van der Waals surface area contributed by atoms with Gasteiger partial charge in [0.15, 0.2) is 0 Å². The smallest absolute Gasteiger partial charge is 0.320 e. The predicted molar refractivity (Wildman–Crippen MR) is 55.5 cm³/mol. The molecule has 1 aliphatic carbocycles. The van der Waals surface area contributed by atoms with Crippen LogP contribution in [-0.2, 0) is 9.59 Å². The highest BCUT2D eigenvalue weighted by Crippen LogP contribution is 2.19. The van der Waals surface area contributed by atoms with Gasteiger partial charge in [0.2, 0.25) is 5.91 Å². The van der Waals surface area contributed by atoms with Crippen molar-refractivity contribution in [3.8, 4) is 0 Å². The zero-order chi connectivity index (χ0) is 11.6. The fourth-order valence-corrected chi connectivity index (χ4v) is 1.24. The number of hydrogen-bond donors (Lipinski definition) is 2. The molecule has 5 heteroatoms. The molecule has 0 saturated heterocycles. The Kier molecular flexibility index (Phi) is 3.68. The van der Waals surface area contributed by atoms with Crippen molar-refractivity contribution in [3.63, 3.8) is 0 Å².